The zero-order valence-corrected chi connectivity index (χ0v) is 10.4. The van der Waals surface area contributed by atoms with E-state index in [4.69, 9.17) is 4.74 Å². The Morgan fingerprint density at radius 3 is 3.06 bits per heavy atom. The third kappa shape index (κ3) is 2.38. The molecule has 2 unspecified atom stereocenters. The smallest absolute Gasteiger partial charge is 0.123 e. The molecule has 0 fully saturated rings. The Bertz CT molecular complexity index is 362. The number of rotatable bonds is 4. The first-order valence-electron chi connectivity index (χ1n) is 6.23. The summed E-state index contributed by atoms with van der Waals surface area (Å²) in [5.74, 6) is 1.07. The SMILES string of the molecule is CCCNC(C)c1ccc2c(c1)CC(C)O2. The number of fused-ring (bicyclic) bond motifs is 1. The minimum absolute atomic E-state index is 0.337. The van der Waals surface area contributed by atoms with E-state index in [-0.39, 0.29) is 0 Å². The molecule has 2 rings (SSSR count). The Morgan fingerprint density at radius 1 is 1.50 bits per heavy atom. The molecule has 0 aromatic heterocycles. The van der Waals surface area contributed by atoms with E-state index in [1.54, 1.807) is 0 Å². The normalized spacial score (nSPS) is 20.3. The summed E-state index contributed by atoms with van der Waals surface area (Å²) in [5, 5.41) is 3.51. The summed E-state index contributed by atoms with van der Waals surface area (Å²) < 4.78 is 5.70. The molecule has 0 radical (unpaired) electrons. The second-order valence-corrected chi connectivity index (χ2v) is 4.68. The van der Waals surface area contributed by atoms with Crippen LogP contribution in [0.1, 0.15) is 44.4 Å². The van der Waals surface area contributed by atoms with E-state index in [1.807, 2.05) is 0 Å². The van der Waals surface area contributed by atoms with Crippen molar-refractivity contribution in [3.05, 3.63) is 29.3 Å². The highest BCUT2D eigenvalue weighted by atomic mass is 16.5. The highest BCUT2D eigenvalue weighted by Gasteiger charge is 2.19. The van der Waals surface area contributed by atoms with Gasteiger partial charge in [-0.05, 0) is 44.0 Å². The molecule has 16 heavy (non-hydrogen) atoms. The molecule has 2 atom stereocenters. The molecular formula is C14H21NO. The lowest BCUT2D eigenvalue weighted by Gasteiger charge is -2.14. The van der Waals surface area contributed by atoms with E-state index in [1.165, 1.54) is 17.5 Å². The molecule has 0 spiro atoms. The van der Waals surface area contributed by atoms with Crippen molar-refractivity contribution in [1.82, 2.24) is 5.32 Å². The number of benzene rings is 1. The summed E-state index contributed by atoms with van der Waals surface area (Å²) in [5.41, 5.74) is 2.72. The van der Waals surface area contributed by atoms with Crippen LogP contribution >= 0.6 is 0 Å². The second-order valence-electron chi connectivity index (χ2n) is 4.68. The van der Waals surface area contributed by atoms with E-state index < -0.39 is 0 Å². The lowest BCUT2D eigenvalue weighted by Crippen LogP contribution is -2.19. The van der Waals surface area contributed by atoms with Gasteiger partial charge in [0.15, 0.2) is 0 Å². The van der Waals surface area contributed by atoms with Gasteiger partial charge in [0, 0.05) is 12.5 Å². The van der Waals surface area contributed by atoms with Crippen LogP contribution in [0.2, 0.25) is 0 Å². The van der Waals surface area contributed by atoms with E-state index in [9.17, 15) is 0 Å². The molecular weight excluding hydrogens is 198 g/mol. The topological polar surface area (TPSA) is 21.3 Å². The van der Waals surface area contributed by atoms with Crippen LogP contribution in [0, 0.1) is 0 Å². The van der Waals surface area contributed by atoms with Crippen molar-refractivity contribution in [3.8, 4) is 5.75 Å². The summed E-state index contributed by atoms with van der Waals surface area (Å²) in [6.45, 7) is 7.61. The number of hydrogen-bond donors (Lipinski definition) is 1. The van der Waals surface area contributed by atoms with Gasteiger partial charge in [-0.15, -0.1) is 0 Å². The van der Waals surface area contributed by atoms with Crippen LogP contribution in [0.25, 0.3) is 0 Å². The van der Waals surface area contributed by atoms with Crippen LogP contribution in [0.5, 0.6) is 5.75 Å². The van der Waals surface area contributed by atoms with E-state index in [0.717, 1.165) is 18.7 Å². The van der Waals surface area contributed by atoms with Gasteiger partial charge in [-0.3, -0.25) is 0 Å². The predicted octanol–water partition coefficient (Wildman–Crippen LogP) is 3.07. The molecule has 2 nitrogen and oxygen atoms in total. The van der Waals surface area contributed by atoms with Gasteiger partial charge in [0.05, 0.1) is 0 Å². The van der Waals surface area contributed by atoms with Gasteiger partial charge in [0.1, 0.15) is 11.9 Å². The molecule has 0 amide bonds. The second kappa shape index (κ2) is 4.88. The molecule has 2 heteroatoms. The maximum absolute atomic E-state index is 5.70. The van der Waals surface area contributed by atoms with Crippen molar-refractivity contribution in [2.75, 3.05) is 6.54 Å². The third-order valence-electron chi connectivity index (χ3n) is 3.12. The first-order chi connectivity index (χ1) is 7.70. The van der Waals surface area contributed by atoms with Crippen LogP contribution in [-0.2, 0) is 6.42 Å². The molecule has 1 aromatic rings. The van der Waals surface area contributed by atoms with Crippen LogP contribution in [0.4, 0.5) is 0 Å². The van der Waals surface area contributed by atoms with Gasteiger partial charge < -0.3 is 10.1 Å². The van der Waals surface area contributed by atoms with Gasteiger partial charge in [0.2, 0.25) is 0 Å². The maximum Gasteiger partial charge on any atom is 0.123 e. The van der Waals surface area contributed by atoms with Crippen molar-refractivity contribution in [2.45, 2.75) is 45.8 Å². The fourth-order valence-electron chi connectivity index (χ4n) is 2.19. The molecule has 1 aliphatic heterocycles. The van der Waals surface area contributed by atoms with Gasteiger partial charge >= 0.3 is 0 Å². The fourth-order valence-corrected chi connectivity index (χ4v) is 2.19. The van der Waals surface area contributed by atoms with Gasteiger partial charge in [-0.1, -0.05) is 19.1 Å². The summed E-state index contributed by atoms with van der Waals surface area (Å²) >= 11 is 0. The molecule has 1 aliphatic rings. The standard InChI is InChI=1S/C14H21NO/c1-4-7-15-11(3)12-5-6-14-13(9-12)8-10(2)16-14/h5-6,9-11,15H,4,7-8H2,1-3H3. The molecule has 0 bridgehead atoms. The van der Waals surface area contributed by atoms with Crippen molar-refractivity contribution in [2.24, 2.45) is 0 Å². The van der Waals surface area contributed by atoms with Gasteiger partial charge in [0.25, 0.3) is 0 Å². The molecule has 0 aliphatic carbocycles. The van der Waals surface area contributed by atoms with Crippen molar-refractivity contribution < 1.29 is 4.74 Å². The zero-order chi connectivity index (χ0) is 11.5. The Morgan fingerprint density at radius 2 is 2.31 bits per heavy atom. The van der Waals surface area contributed by atoms with Crippen molar-refractivity contribution in [1.29, 1.82) is 0 Å². The first-order valence-corrected chi connectivity index (χ1v) is 6.23. The quantitative estimate of drug-likeness (QED) is 0.840. The molecule has 0 saturated heterocycles. The van der Waals surface area contributed by atoms with E-state index >= 15 is 0 Å². The van der Waals surface area contributed by atoms with E-state index in [2.05, 4.69) is 44.3 Å². The van der Waals surface area contributed by atoms with E-state index in [0.29, 0.717) is 12.1 Å². The van der Waals surface area contributed by atoms with Crippen LogP contribution in [-0.4, -0.2) is 12.6 Å². The van der Waals surface area contributed by atoms with Crippen LogP contribution < -0.4 is 10.1 Å². The Balaban J connectivity index is 2.09. The average molecular weight is 219 g/mol. The predicted molar refractivity (Wildman–Crippen MR) is 66.9 cm³/mol. The lowest BCUT2D eigenvalue weighted by atomic mass is 10.0. The summed E-state index contributed by atoms with van der Waals surface area (Å²) in [4.78, 5) is 0. The highest BCUT2D eigenvalue weighted by molar-refractivity contribution is 5.41. The molecule has 1 heterocycles. The number of nitrogens with one attached hydrogen (secondary N) is 1. The van der Waals surface area contributed by atoms with Crippen LogP contribution in [0.15, 0.2) is 18.2 Å². The summed E-state index contributed by atoms with van der Waals surface area (Å²) in [6, 6.07) is 7.00. The molecule has 88 valence electrons. The fraction of sp³-hybridized carbons (Fsp3) is 0.571. The first kappa shape index (κ1) is 11.5. The third-order valence-corrected chi connectivity index (χ3v) is 3.12. The average Bonchev–Trinajstić information content (AvgIpc) is 2.64. The maximum atomic E-state index is 5.70. The Labute approximate surface area is 98.0 Å². The molecule has 1 N–H and O–H groups in total. The van der Waals surface area contributed by atoms with Gasteiger partial charge in [-0.25, -0.2) is 0 Å². The van der Waals surface area contributed by atoms with Crippen LogP contribution in [0.3, 0.4) is 0 Å². The number of hydrogen-bond acceptors (Lipinski definition) is 2. The summed E-state index contributed by atoms with van der Waals surface area (Å²) in [6.07, 6.45) is 2.56. The lowest BCUT2D eigenvalue weighted by molar-refractivity contribution is 0.254. The molecule has 0 saturated carbocycles. The monoisotopic (exact) mass is 219 g/mol. The summed E-state index contributed by atoms with van der Waals surface area (Å²) in [7, 11) is 0. The largest absolute Gasteiger partial charge is 0.490 e. The Kier molecular flexibility index (Phi) is 3.49. The van der Waals surface area contributed by atoms with Crippen molar-refractivity contribution >= 4 is 0 Å². The highest BCUT2D eigenvalue weighted by Crippen LogP contribution is 2.30. The minimum atomic E-state index is 0.337. The number of ether oxygens (including phenoxy) is 1. The Hall–Kier alpha value is -1.02. The van der Waals surface area contributed by atoms with Gasteiger partial charge in [-0.2, -0.15) is 0 Å². The molecule has 1 aromatic carbocycles. The van der Waals surface area contributed by atoms with Crippen molar-refractivity contribution in [3.63, 3.8) is 0 Å². The minimum Gasteiger partial charge on any atom is -0.490 e. The zero-order valence-electron chi connectivity index (χ0n) is 10.4.